The molecule has 0 aliphatic carbocycles. The summed E-state index contributed by atoms with van der Waals surface area (Å²) in [5.74, 6) is 0. The van der Waals surface area contributed by atoms with Crippen LogP contribution in [-0.2, 0) is 4.57 Å². The zero-order valence-electron chi connectivity index (χ0n) is 2.99. The quantitative estimate of drug-likeness (QED) is 0.451. The zero-order chi connectivity index (χ0) is 4.28. The average molecular weight is 96.0 g/mol. The molecule has 0 spiro atoms. The Labute approximate surface area is 31.1 Å². The lowest BCUT2D eigenvalue weighted by atomic mass is 11.0. The van der Waals surface area contributed by atoms with Crippen molar-refractivity contribution in [3.63, 3.8) is 0 Å². The lowest BCUT2D eigenvalue weighted by Gasteiger charge is -1.69. The summed E-state index contributed by atoms with van der Waals surface area (Å²) < 4.78 is 20.3. The molecule has 0 radical (unpaired) electrons. The first-order chi connectivity index (χ1) is 2.27. The molecule has 0 aromatic carbocycles. The van der Waals surface area contributed by atoms with Crippen molar-refractivity contribution < 1.29 is 8.76 Å². The van der Waals surface area contributed by atoms with Crippen LogP contribution in [0.25, 0.3) is 0 Å². The summed E-state index contributed by atoms with van der Waals surface area (Å²) in [6.07, 6.45) is 0.185. The fourth-order valence-electron chi connectivity index (χ4n) is 0. The first kappa shape index (κ1) is 5.16. The summed E-state index contributed by atoms with van der Waals surface area (Å²) in [7, 11) is -2.62. The molecule has 0 aliphatic heterocycles. The summed E-state index contributed by atoms with van der Waals surface area (Å²) in [6.45, 7) is 1.56. The molecule has 0 saturated carbocycles. The molecular formula is C2H6FOP. The Morgan fingerprint density at radius 2 is 2.20 bits per heavy atom. The standard InChI is InChI=1S/C2H6FOP/c1-2-5(3)4/h5H,2H2,1H3. The molecule has 0 aromatic rings. The molecule has 32 valence electrons. The van der Waals surface area contributed by atoms with E-state index in [4.69, 9.17) is 0 Å². The third-order valence-electron chi connectivity index (χ3n) is 0.278. The molecule has 0 heterocycles. The van der Waals surface area contributed by atoms with Gasteiger partial charge in [0.2, 0.25) is 8.11 Å². The van der Waals surface area contributed by atoms with Crippen molar-refractivity contribution in [2.24, 2.45) is 0 Å². The minimum atomic E-state index is -2.62. The van der Waals surface area contributed by atoms with Crippen molar-refractivity contribution in [2.75, 3.05) is 6.16 Å². The van der Waals surface area contributed by atoms with Crippen molar-refractivity contribution in [3.05, 3.63) is 0 Å². The topological polar surface area (TPSA) is 17.1 Å². The van der Waals surface area contributed by atoms with Gasteiger partial charge >= 0.3 is 0 Å². The maximum absolute atomic E-state index is 11.0. The highest BCUT2D eigenvalue weighted by Crippen LogP contribution is 2.18. The SMILES string of the molecule is CC[PH](=O)F. The van der Waals surface area contributed by atoms with Crippen LogP contribution in [0.5, 0.6) is 0 Å². The molecule has 0 fully saturated rings. The van der Waals surface area contributed by atoms with E-state index < -0.39 is 8.11 Å². The lowest BCUT2D eigenvalue weighted by Crippen LogP contribution is -1.49. The molecule has 1 unspecified atom stereocenters. The van der Waals surface area contributed by atoms with E-state index in [0.29, 0.717) is 0 Å². The largest absolute Gasteiger partial charge is 0.291 e. The van der Waals surface area contributed by atoms with Gasteiger partial charge < -0.3 is 0 Å². The molecule has 3 heteroatoms. The van der Waals surface area contributed by atoms with E-state index in [0.717, 1.165) is 0 Å². The Balaban J connectivity index is 2.85. The number of hydrogen-bond donors (Lipinski definition) is 0. The third-order valence-corrected chi connectivity index (χ3v) is 0.834. The van der Waals surface area contributed by atoms with Gasteiger partial charge in [-0.15, -0.1) is 0 Å². The summed E-state index contributed by atoms with van der Waals surface area (Å²) in [5.41, 5.74) is 0. The van der Waals surface area contributed by atoms with Gasteiger partial charge in [0.25, 0.3) is 0 Å². The molecule has 0 aromatic heterocycles. The van der Waals surface area contributed by atoms with E-state index in [9.17, 15) is 8.76 Å². The minimum absolute atomic E-state index is 0.185. The molecule has 0 amide bonds. The van der Waals surface area contributed by atoms with Crippen molar-refractivity contribution in [3.8, 4) is 0 Å². The smallest absolute Gasteiger partial charge is 0.233 e. The van der Waals surface area contributed by atoms with Gasteiger partial charge in [0.15, 0.2) is 0 Å². The first-order valence-electron chi connectivity index (χ1n) is 1.45. The molecule has 5 heavy (non-hydrogen) atoms. The van der Waals surface area contributed by atoms with Crippen LogP contribution in [0.4, 0.5) is 4.20 Å². The van der Waals surface area contributed by atoms with Gasteiger partial charge in [0.05, 0.1) is 0 Å². The minimum Gasteiger partial charge on any atom is -0.291 e. The summed E-state index contributed by atoms with van der Waals surface area (Å²) in [4.78, 5) is 0. The van der Waals surface area contributed by atoms with E-state index >= 15 is 0 Å². The van der Waals surface area contributed by atoms with Crippen molar-refractivity contribution in [1.82, 2.24) is 0 Å². The monoisotopic (exact) mass is 96.0 g/mol. The fourth-order valence-corrected chi connectivity index (χ4v) is 0. The molecule has 1 atom stereocenters. The van der Waals surface area contributed by atoms with Crippen LogP contribution >= 0.6 is 8.11 Å². The Kier molecular flexibility index (Phi) is 2.48. The zero-order valence-corrected chi connectivity index (χ0v) is 3.99. The molecule has 0 rings (SSSR count). The van der Waals surface area contributed by atoms with Crippen molar-refractivity contribution in [1.29, 1.82) is 0 Å². The van der Waals surface area contributed by atoms with Gasteiger partial charge in [-0.05, 0) is 0 Å². The van der Waals surface area contributed by atoms with Crippen LogP contribution in [-0.4, -0.2) is 6.16 Å². The highest BCUT2D eigenvalue weighted by atomic mass is 31.1. The number of hydrogen-bond acceptors (Lipinski definition) is 1. The molecule has 1 nitrogen and oxygen atoms in total. The van der Waals surface area contributed by atoms with Crippen molar-refractivity contribution >= 4 is 8.11 Å². The molecule has 0 aliphatic rings. The molecular weight excluding hydrogens is 90.0 g/mol. The Hall–Kier alpha value is 0.160. The lowest BCUT2D eigenvalue weighted by molar-refractivity contribution is 0.560. The highest BCUT2D eigenvalue weighted by molar-refractivity contribution is 7.38. The highest BCUT2D eigenvalue weighted by Gasteiger charge is 1.79. The Morgan fingerprint density at radius 1 is 2.00 bits per heavy atom. The summed E-state index contributed by atoms with van der Waals surface area (Å²) in [5, 5.41) is 0. The van der Waals surface area contributed by atoms with Crippen LogP contribution < -0.4 is 0 Å². The number of halogens is 1. The van der Waals surface area contributed by atoms with E-state index in [2.05, 4.69) is 0 Å². The molecule has 0 N–H and O–H groups in total. The van der Waals surface area contributed by atoms with E-state index in [-0.39, 0.29) is 6.16 Å². The second-order valence-corrected chi connectivity index (χ2v) is 2.13. The normalized spacial score (nSPS) is 14.8. The summed E-state index contributed by atoms with van der Waals surface area (Å²) >= 11 is 0. The maximum atomic E-state index is 11.0. The Bertz CT molecular complexity index is 44.9. The van der Waals surface area contributed by atoms with Gasteiger partial charge in [0, 0.05) is 6.16 Å². The predicted octanol–water partition coefficient (Wildman–Crippen LogP) is 1.45. The predicted molar refractivity (Wildman–Crippen MR) is 20.7 cm³/mol. The van der Waals surface area contributed by atoms with Crippen LogP contribution in [0.3, 0.4) is 0 Å². The third kappa shape index (κ3) is 4.16. The number of rotatable bonds is 1. The fraction of sp³-hybridized carbons (Fsp3) is 1.00. The second-order valence-electron chi connectivity index (χ2n) is 0.709. The van der Waals surface area contributed by atoms with E-state index in [1.807, 2.05) is 0 Å². The van der Waals surface area contributed by atoms with Gasteiger partial charge in [-0.25, -0.2) is 0 Å². The Morgan fingerprint density at radius 3 is 2.20 bits per heavy atom. The molecule has 0 bridgehead atoms. The van der Waals surface area contributed by atoms with Gasteiger partial charge in [0.1, 0.15) is 0 Å². The average Bonchev–Trinajstić information content (AvgIpc) is 1.38. The molecule has 0 saturated heterocycles. The summed E-state index contributed by atoms with van der Waals surface area (Å²) in [6, 6.07) is 0. The van der Waals surface area contributed by atoms with Gasteiger partial charge in [-0.1, -0.05) is 6.92 Å². The van der Waals surface area contributed by atoms with E-state index in [1.165, 1.54) is 0 Å². The van der Waals surface area contributed by atoms with E-state index in [1.54, 1.807) is 6.92 Å². The maximum Gasteiger partial charge on any atom is 0.233 e. The van der Waals surface area contributed by atoms with Crippen LogP contribution in [0.2, 0.25) is 0 Å². The van der Waals surface area contributed by atoms with Crippen LogP contribution in [0.1, 0.15) is 6.92 Å². The second kappa shape index (κ2) is 2.40. The van der Waals surface area contributed by atoms with Crippen LogP contribution in [0, 0.1) is 0 Å². The van der Waals surface area contributed by atoms with Gasteiger partial charge in [-0.3, -0.25) is 4.57 Å². The van der Waals surface area contributed by atoms with Gasteiger partial charge in [-0.2, -0.15) is 4.20 Å². The van der Waals surface area contributed by atoms with Crippen molar-refractivity contribution in [2.45, 2.75) is 6.92 Å². The first-order valence-corrected chi connectivity index (χ1v) is 2.95. The van der Waals surface area contributed by atoms with Crippen LogP contribution in [0.15, 0.2) is 0 Å².